The Bertz CT molecular complexity index is 358. The van der Waals surface area contributed by atoms with Crippen LogP contribution in [0.4, 0.5) is 0 Å². The van der Waals surface area contributed by atoms with Crippen LogP contribution in [-0.2, 0) is 0 Å². The van der Waals surface area contributed by atoms with Gasteiger partial charge in [-0.2, -0.15) is 0 Å². The first-order chi connectivity index (χ1) is 8.52. The van der Waals surface area contributed by atoms with Crippen LogP contribution in [0.3, 0.4) is 0 Å². The minimum absolute atomic E-state index is 0.307. The van der Waals surface area contributed by atoms with Crippen molar-refractivity contribution < 1.29 is 5.11 Å². The number of benzene rings is 1. The van der Waals surface area contributed by atoms with Crippen LogP contribution in [0.1, 0.15) is 45.8 Å². The molecule has 6 atom stereocenters. The summed E-state index contributed by atoms with van der Waals surface area (Å²) in [5, 5.41) is 10.4. The van der Waals surface area contributed by atoms with Crippen molar-refractivity contribution in [1.29, 1.82) is 0 Å². The second-order valence-electron chi connectivity index (χ2n) is 6.26. The molecule has 100 valence electrons. The lowest BCUT2D eigenvalue weighted by Gasteiger charge is -2.24. The molecule has 1 aliphatic carbocycles. The van der Waals surface area contributed by atoms with E-state index in [1.165, 1.54) is 0 Å². The standard InChI is InChI=1S/C17H26O/c1-11-12(2)14(4)16(13(11)3)10-17(18)15-8-6-5-7-9-15/h5-9,11-14,16-18H,10H2,1-4H3/t11?,12?,13-,14?,16?,17?/m0/s1. The monoisotopic (exact) mass is 246 g/mol. The van der Waals surface area contributed by atoms with Gasteiger partial charge in [-0.1, -0.05) is 58.0 Å². The highest BCUT2D eigenvalue weighted by atomic mass is 16.3. The van der Waals surface area contributed by atoms with E-state index in [-0.39, 0.29) is 6.10 Å². The largest absolute Gasteiger partial charge is 0.388 e. The molecule has 0 aromatic heterocycles. The maximum Gasteiger partial charge on any atom is 0.0792 e. The molecule has 1 aromatic carbocycles. The second kappa shape index (κ2) is 5.44. The number of rotatable bonds is 3. The highest BCUT2D eigenvalue weighted by Crippen LogP contribution is 2.48. The molecule has 1 saturated carbocycles. The first kappa shape index (κ1) is 13.6. The zero-order valence-corrected chi connectivity index (χ0v) is 12.0. The quantitative estimate of drug-likeness (QED) is 0.843. The van der Waals surface area contributed by atoms with Crippen molar-refractivity contribution in [2.45, 2.75) is 40.2 Å². The van der Waals surface area contributed by atoms with Crippen molar-refractivity contribution in [2.75, 3.05) is 0 Å². The van der Waals surface area contributed by atoms with Crippen molar-refractivity contribution >= 4 is 0 Å². The van der Waals surface area contributed by atoms with Gasteiger partial charge < -0.3 is 5.11 Å². The van der Waals surface area contributed by atoms with Crippen molar-refractivity contribution in [3.8, 4) is 0 Å². The fraction of sp³-hybridized carbons (Fsp3) is 0.647. The molecule has 1 aliphatic rings. The zero-order chi connectivity index (χ0) is 13.3. The van der Waals surface area contributed by atoms with E-state index < -0.39 is 0 Å². The van der Waals surface area contributed by atoms with E-state index in [0.29, 0.717) is 17.8 Å². The number of aliphatic hydroxyl groups is 1. The van der Waals surface area contributed by atoms with Gasteiger partial charge >= 0.3 is 0 Å². The summed E-state index contributed by atoms with van der Waals surface area (Å²) in [6.45, 7) is 9.43. The Balaban J connectivity index is 2.06. The molecule has 1 N–H and O–H groups in total. The van der Waals surface area contributed by atoms with Crippen LogP contribution in [0.2, 0.25) is 0 Å². The van der Waals surface area contributed by atoms with E-state index in [1.54, 1.807) is 0 Å². The summed E-state index contributed by atoms with van der Waals surface area (Å²) in [6.07, 6.45) is 0.597. The molecular formula is C17H26O. The minimum atomic E-state index is -0.307. The van der Waals surface area contributed by atoms with Crippen LogP contribution < -0.4 is 0 Å². The molecule has 1 nitrogen and oxygen atoms in total. The van der Waals surface area contributed by atoms with Gasteiger partial charge in [-0.15, -0.1) is 0 Å². The summed E-state index contributed by atoms with van der Waals surface area (Å²) in [6, 6.07) is 10.1. The van der Waals surface area contributed by atoms with Crippen LogP contribution in [0, 0.1) is 29.6 Å². The lowest BCUT2D eigenvalue weighted by Crippen LogP contribution is -2.16. The van der Waals surface area contributed by atoms with Gasteiger partial charge in [-0.25, -0.2) is 0 Å². The summed E-state index contributed by atoms with van der Waals surface area (Å²) >= 11 is 0. The van der Waals surface area contributed by atoms with Crippen LogP contribution >= 0.6 is 0 Å². The fourth-order valence-corrected chi connectivity index (χ4v) is 3.71. The topological polar surface area (TPSA) is 20.2 Å². The predicted molar refractivity (Wildman–Crippen MR) is 76.2 cm³/mol. The summed E-state index contributed by atoms with van der Waals surface area (Å²) in [7, 11) is 0. The molecule has 0 heterocycles. The van der Waals surface area contributed by atoms with Crippen LogP contribution in [-0.4, -0.2) is 5.11 Å². The van der Waals surface area contributed by atoms with E-state index in [0.717, 1.165) is 23.8 Å². The molecular weight excluding hydrogens is 220 g/mol. The Morgan fingerprint density at radius 1 is 0.889 bits per heavy atom. The molecule has 0 spiro atoms. The van der Waals surface area contributed by atoms with Crippen molar-refractivity contribution in [3.63, 3.8) is 0 Å². The average Bonchev–Trinajstić information content (AvgIpc) is 2.57. The first-order valence-corrected chi connectivity index (χ1v) is 7.25. The van der Waals surface area contributed by atoms with Gasteiger partial charge in [0, 0.05) is 0 Å². The van der Waals surface area contributed by atoms with Crippen LogP contribution in [0.15, 0.2) is 30.3 Å². The van der Waals surface area contributed by atoms with Crippen LogP contribution in [0.5, 0.6) is 0 Å². The first-order valence-electron chi connectivity index (χ1n) is 7.25. The van der Waals surface area contributed by atoms with E-state index in [4.69, 9.17) is 0 Å². The smallest absolute Gasteiger partial charge is 0.0792 e. The minimum Gasteiger partial charge on any atom is -0.388 e. The third-order valence-corrected chi connectivity index (χ3v) is 5.52. The molecule has 0 saturated heterocycles. The third kappa shape index (κ3) is 2.47. The van der Waals surface area contributed by atoms with Gasteiger partial charge in [0.2, 0.25) is 0 Å². The molecule has 0 aliphatic heterocycles. The van der Waals surface area contributed by atoms with E-state index >= 15 is 0 Å². The molecule has 0 amide bonds. The maximum absolute atomic E-state index is 10.4. The van der Waals surface area contributed by atoms with Gasteiger partial charge in [-0.05, 0) is 41.6 Å². The SMILES string of the molecule is CC1C(C)C(CC(O)c2ccccc2)[C@@H](C)C1C. The van der Waals surface area contributed by atoms with Crippen molar-refractivity contribution in [1.82, 2.24) is 0 Å². The Labute approximate surface area is 111 Å². The Morgan fingerprint density at radius 3 is 1.89 bits per heavy atom. The highest BCUT2D eigenvalue weighted by Gasteiger charge is 2.41. The van der Waals surface area contributed by atoms with Gasteiger partial charge in [-0.3, -0.25) is 0 Å². The summed E-state index contributed by atoms with van der Waals surface area (Å²) < 4.78 is 0. The maximum atomic E-state index is 10.4. The molecule has 1 fully saturated rings. The molecule has 18 heavy (non-hydrogen) atoms. The zero-order valence-electron chi connectivity index (χ0n) is 12.0. The summed E-state index contributed by atoms with van der Waals surface area (Å²) in [4.78, 5) is 0. The average molecular weight is 246 g/mol. The Kier molecular flexibility index (Phi) is 4.11. The number of aliphatic hydroxyl groups excluding tert-OH is 1. The second-order valence-corrected chi connectivity index (χ2v) is 6.26. The van der Waals surface area contributed by atoms with Gasteiger partial charge in [0.05, 0.1) is 6.10 Å². The van der Waals surface area contributed by atoms with E-state index in [2.05, 4.69) is 27.7 Å². The molecule has 1 aromatic rings. The lowest BCUT2D eigenvalue weighted by atomic mass is 9.83. The summed E-state index contributed by atoms with van der Waals surface area (Å²) in [5.74, 6) is 3.62. The Morgan fingerprint density at radius 2 is 1.39 bits per heavy atom. The molecule has 2 rings (SSSR count). The van der Waals surface area contributed by atoms with Crippen molar-refractivity contribution in [2.24, 2.45) is 29.6 Å². The lowest BCUT2D eigenvalue weighted by molar-refractivity contribution is 0.119. The third-order valence-electron chi connectivity index (χ3n) is 5.52. The van der Waals surface area contributed by atoms with Gasteiger partial charge in [0.1, 0.15) is 0 Å². The molecule has 0 bridgehead atoms. The molecule has 1 heteroatoms. The normalized spacial score (nSPS) is 37.7. The van der Waals surface area contributed by atoms with Gasteiger partial charge in [0.15, 0.2) is 0 Å². The van der Waals surface area contributed by atoms with Crippen molar-refractivity contribution in [3.05, 3.63) is 35.9 Å². The molecule has 0 radical (unpaired) electrons. The van der Waals surface area contributed by atoms with E-state index in [1.807, 2.05) is 30.3 Å². The number of hydrogen-bond donors (Lipinski definition) is 1. The fourth-order valence-electron chi connectivity index (χ4n) is 3.71. The number of hydrogen-bond acceptors (Lipinski definition) is 1. The highest BCUT2D eigenvalue weighted by molar-refractivity contribution is 5.17. The molecule has 5 unspecified atom stereocenters. The Hall–Kier alpha value is -0.820. The van der Waals surface area contributed by atoms with Gasteiger partial charge in [0.25, 0.3) is 0 Å². The predicted octanol–water partition coefficient (Wildman–Crippen LogP) is 4.28. The van der Waals surface area contributed by atoms with Crippen LogP contribution in [0.25, 0.3) is 0 Å². The summed E-state index contributed by atoms with van der Waals surface area (Å²) in [5.41, 5.74) is 1.06. The van der Waals surface area contributed by atoms with E-state index in [9.17, 15) is 5.11 Å².